The summed E-state index contributed by atoms with van der Waals surface area (Å²) in [6.45, 7) is 11.1. The van der Waals surface area contributed by atoms with Crippen molar-refractivity contribution in [3.8, 4) is 0 Å². The van der Waals surface area contributed by atoms with Crippen LogP contribution in [0.15, 0.2) is 0 Å². The maximum absolute atomic E-state index is 5.45. The van der Waals surface area contributed by atoms with Crippen LogP contribution in [0, 0.1) is 0 Å². The highest BCUT2D eigenvalue weighted by Gasteiger charge is 2.26. The average Bonchev–Trinajstić information content (AvgIpc) is 2.40. The Balaban J connectivity index is 1.56. The van der Waals surface area contributed by atoms with Crippen LogP contribution in [0.25, 0.3) is 0 Å². The van der Waals surface area contributed by atoms with Crippen LogP contribution in [0.3, 0.4) is 0 Å². The third-order valence-electron chi connectivity index (χ3n) is 4.65. The molecule has 19 heavy (non-hydrogen) atoms. The fourth-order valence-corrected chi connectivity index (χ4v) is 4.03. The highest BCUT2D eigenvalue weighted by Crippen LogP contribution is 2.13. The molecule has 2 rings (SSSR count). The molecule has 0 radical (unpaired) electrons. The normalized spacial score (nSPS) is 26.2. The largest absolute Gasteiger partial charge is 0.370 e. The van der Waals surface area contributed by atoms with Crippen molar-refractivity contribution in [2.24, 2.45) is 0 Å². The number of thioether (sulfide) groups is 1. The van der Waals surface area contributed by atoms with E-state index in [-0.39, 0.29) is 0 Å². The van der Waals surface area contributed by atoms with E-state index < -0.39 is 0 Å². The van der Waals surface area contributed by atoms with E-state index in [0.717, 1.165) is 26.4 Å². The van der Waals surface area contributed by atoms with Crippen LogP contribution in [0.5, 0.6) is 0 Å². The number of likely N-dealkylation sites (N-methyl/N-ethyl adjacent to an activating group) is 2. The van der Waals surface area contributed by atoms with Crippen molar-refractivity contribution >= 4 is 11.8 Å². The first-order valence-corrected chi connectivity index (χ1v) is 8.68. The summed E-state index contributed by atoms with van der Waals surface area (Å²) in [5.41, 5.74) is 0. The molecule has 4 nitrogen and oxygen atoms in total. The lowest BCUT2D eigenvalue weighted by atomic mass is 10.3. The lowest BCUT2D eigenvalue weighted by Gasteiger charge is -2.38. The number of ether oxygens (including phenoxy) is 2. The summed E-state index contributed by atoms with van der Waals surface area (Å²) in [4.78, 5) is 0. The van der Waals surface area contributed by atoms with Crippen LogP contribution in [0.1, 0.15) is 0 Å². The molecule has 0 spiro atoms. The summed E-state index contributed by atoms with van der Waals surface area (Å²) in [6.07, 6.45) is 0. The Morgan fingerprint density at radius 1 is 0.737 bits per heavy atom. The third-order valence-corrected chi connectivity index (χ3v) is 5.60. The summed E-state index contributed by atoms with van der Waals surface area (Å²) in [5.74, 6) is 2.57. The predicted molar refractivity (Wildman–Crippen MR) is 80.5 cm³/mol. The first kappa shape index (κ1) is 15.6. The molecule has 0 N–H and O–H groups in total. The Labute approximate surface area is 122 Å². The monoisotopic (exact) mass is 290 g/mol. The van der Waals surface area contributed by atoms with Crippen LogP contribution in [0.2, 0.25) is 0 Å². The van der Waals surface area contributed by atoms with E-state index in [4.69, 9.17) is 9.47 Å². The molecule has 0 unspecified atom stereocenters. The molecular weight excluding hydrogens is 260 g/mol. The standard InChI is InChI=1S/C14H30N2O2S/c1-15(3-9-17-10-4-15)7-13-19-14-8-16(2)5-11-18-12-6-16/h3-14H2,1-2H3/q+2. The Morgan fingerprint density at radius 2 is 1.11 bits per heavy atom. The van der Waals surface area contributed by atoms with Crippen molar-refractivity contribution in [3.05, 3.63) is 0 Å². The van der Waals surface area contributed by atoms with Crippen LogP contribution < -0.4 is 0 Å². The quantitative estimate of drug-likeness (QED) is 0.529. The fourth-order valence-electron chi connectivity index (χ4n) is 2.69. The second-order valence-electron chi connectivity index (χ2n) is 6.42. The summed E-state index contributed by atoms with van der Waals surface area (Å²) in [5, 5.41) is 0. The topological polar surface area (TPSA) is 18.5 Å². The molecule has 2 fully saturated rings. The first-order chi connectivity index (χ1) is 9.12. The maximum atomic E-state index is 5.45. The van der Waals surface area contributed by atoms with Gasteiger partial charge in [0.2, 0.25) is 0 Å². The van der Waals surface area contributed by atoms with E-state index in [0.29, 0.717) is 0 Å². The van der Waals surface area contributed by atoms with E-state index in [2.05, 4.69) is 25.9 Å². The molecule has 0 atom stereocenters. The number of hydrogen-bond donors (Lipinski definition) is 0. The zero-order valence-corrected chi connectivity index (χ0v) is 13.4. The lowest BCUT2D eigenvalue weighted by molar-refractivity contribution is -0.915. The van der Waals surface area contributed by atoms with Gasteiger partial charge in [-0.3, -0.25) is 0 Å². The summed E-state index contributed by atoms with van der Waals surface area (Å²) in [7, 11) is 4.75. The minimum atomic E-state index is 0.941. The van der Waals surface area contributed by atoms with Gasteiger partial charge < -0.3 is 18.4 Å². The minimum Gasteiger partial charge on any atom is -0.370 e. The van der Waals surface area contributed by atoms with Gasteiger partial charge in [0.05, 0.1) is 53.6 Å². The zero-order chi connectivity index (χ0) is 13.6. The molecule has 2 aliphatic heterocycles. The van der Waals surface area contributed by atoms with Crippen LogP contribution in [-0.2, 0) is 9.47 Å². The summed E-state index contributed by atoms with van der Waals surface area (Å²) < 4.78 is 13.3. The maximum Gasteiger partial charge on any atom is 0.102 e. The smallest absolute Gasteiger partial charge is 0.102 e. The SMILES string of the molecule is C[N+]1(CCSCC[N+]2(C)CCOCC2)CCOCC1. The fraction of sp³-hybridized carbons (Fsp3) is 1.00. The number of nitrogens with zero attached hydrogens (tertiary/aromatic N) is 2. The first-order valence-electron chi connectivity index (χ1n) is 7.52. The van der Waals surface area contributed by atoms with Crippen molar-refractivity contribution in [1.29, 1.82) is 0 Å². The van der Waals surface area contributed by atoms with E-state index in [1.54, 1.807) is 0 Å². The van der Waals surface area contributed by atoms with Gasteiger partial charge in [-0.15, -0.1) is 0 Å². The molecule has 0 bridgehead atoms. The van der Waals surface area contributed by atoms with Gasteiger partial charge in [-0.05, 0) is 0 Å². The van der Waals surface area contributed by atoms with E-state index >= 15 is 0 Å². The van der Waals surface area contributed by atoms with Crippen molar-refractivity contribution < 1.29 is 18.4 Å². The highest BCUT2D eigenvalue weighted by atomic mass is 32.2. The lowest BCUT2D eigenvalue weighted by Crippen LogP contribution is -2.53. The minimum absolute atomic E-state index is 0.941. The molecular formula is C14H30N2O2S+2. The molecule has 0 aromatic heterocycles. The van der Waals surface area contributed by atoms with Gasteiger partial charge in [0, 0.05) is 11.5 Å². The second kappa shape index (κ2) is 7.27. The van der Waals surface area contributed by atoms with Crippen molar-refractivity contribution in [1.82, 2.24) is 0 Å². The molecule has 0 amide bonds. The Bertz CT molecular complexity index is 238. The number of quaternary nitrogens is 2. The average molecular weight is 290 g/mol. The van der Waals surface area contributed by atoms with Gasteiger partial charge in [0.1, 0.15) is 26.2 Å². The molecule has 0 aromatic rings. The zero-order valence-electron chi connectivity index (χ0n) is 12.6. The predicted octanol–water partition coefficient (Wildman–Crippen LogP) is 0.673. The highest BCUT2D eigenvalue weighted by molar-refractivity contribution is 7.99. The van der Waals surface area contributed by atoms with Gasteiger partial charge in [-0.1, -0.05) is 0 Å². The summed E-state index contributed by atoms with van der Waals surface area (Å²) >= 11 is 2.12. The van der Waals surface area contributed by atoms with Crippen LogP contribution >= 0.6 is 11.8 Å². The molecule has 0 aromatic carbocycles. The Hall–Kier alpha value is 0.190. The molecule has 0 saturated carbocycles. The Morgan fingerprint density at radius 3 is 1.47 bits per heavy atom. The molecule has 2 aliphatic rings. The number of hydrogen-bond acceptors (Lipinski definition) is 3. The van der Waals surface area contributed by atoms with Crippen molar-refractivity contribution in [2.45, 2.75) is 0 Å². The van der Waals surface area contributed by atoms with Gasteiger partial charge in [-0.2, -0.15) is 11.8 Å². The van der Waals surface area contributed by atoms with Gasteiger partial charge in [-0.25, -0.2) is 0 Å². The Kier molecular flexibility index (Phi) is 5.96. The van der Waals surface area contributed by atoms with E-state index in [1.807, 2.05) is 0 Å². The molecule has 112 valence electrons. The molecule has 2 saturated heterocycles. The molecule has 5 heteroatoms. The number of rotatable bonds is 6. The number of morpholine rings is 2. The van der Waals surface area contributed by atoms with Crippen LogP contribution in [-0.4, -0.2) is 100 Å². The van der Waals surface area contributed by atoms with Crippen LogP contribution in [0.4, 0.5) is 0 Å². The molecule has 2 heterocycles. The van der Waals surface area contributed by atoms with Gasteiger partial charge in [0.25, 0.3) is 0 Å². The third kappa shape index (κ3) is 5.23. The summed E-state index contributed by atoms with van der Waals surface area (Å²) in [6, 6.07) is 0. The second-order valence-corrected chi connectivity index (χ2v) is 7.64. The van der Waals surface area contributed by atoms with E-state index in [9.17, 15) is 0 Å². The van der Waals surface area contributed by atoms with Gasteiger partial charge >= 0.3 is 0 Å². The van der Waals surface area contributed by atoms with E-state index in [1.165, 1.54) is 59.7 Å². The van der Waals surface area contributed by atoms with Crippen molar-refractivity contribution in [2.75, 3.05) is 91.3 Å². The molecule has 0 aliphatic carbocycles. The van der Waals surface area contributed by atoms with Gasteiger partial charge in [0.15, 0.2) is 0 Å². The van der Waals surface area contributed by atoms with Crippen molar-refractivity contribution in [3.63, 3.8) is 0 Å².